The molecule has 0 fully saturated rings. The first-order valence-corrected chi connectivity index (χ1v) is 15.2. The van der Waals surface area contributed by atoms with Gasteiger partial charge in [-0.1, -0.05) is 47.5 Å². The second-order valence-electron chi connectivity index (χ2n) is 9.80. The highest BCUT2D eigenvalue weighted by Crippen LogP contribution is 2.37. The number of Topliss-reactive ketones (excluding diaryl/α,β-unsaturated/α-hetero) is 1. The Bertz CT molecular complexity index is 486. The van der Waals surface area contributed by atoms with E-state index in [0.717, 1.165) is 13.0 Å². The van der Waals surface area contributed by atoms with Gasteiger partial charge in [0.1, 0.15) is 0 Å². The molecule has 0 bridgehead atoms. The molecule has 0 aromatic carbocycles. The highest BCUT2D eigenvalue weighted by Gasteiger charge is 2.37. The molecule has 0 spiro atoms. The van der Waals surface area contributed by atoms with E-state index in [0.29, 0.717) is 19.4 Å². The Hall–Kier alpha value is -0.416. The summed E-state index contributed by atoms with van der Waals surface area (Å²) in [4.78, 5) is 11.8. The summed E-state index contributed by atoms with van der Waals surface area (Å²) in [6.45, 7) is 23.4. The molecule has 0 saturated heterocycles. The Balaban J connectivity index is 4.06. The average Bonchev–Trinajstić information content (AvgIpc) is 2.39. The van der Waals surface area contributed by atoms with Gasteiger partial charge >= 0.3 is 0 Å². The van der Waals surface area contributed by atoms with E-state index in [1.54, 1.807) is 0 Å². The van der Waals surface area contributed by atoms with Gasteiger partial charge in [-0.15, -0.1) is 0 Å². The molecule has 146 valence electrons. The van der Waals surface area contributed by atoms with Gasteiger partial charge in [-0.3, -0.25) is 4.79 Å². The van der Waals surface area contributed by atoms with Crippen LogP contribution in [-0.2, 0) is 13.6 Å². The quantitative estimate of drug-likeness (QED) is 0.230. The second kappa shape index (κ2) is 9.50. The molecule has 0 N–H and O–H groups in total. The van der Waals surface area contributed by atoms with Crippen LogP contribution in [0.4, 0.5) is 0 Å². The lowest BCUT2D eigenvalue weighted by atomic mass is 10.2. The van der Waals surface area contributed by atoms with E-state index in [-0.39, 0.29) is 15.9 Å². The molecule has 0 unspecified atom stereocenters. The largest absolute Gasteiger partial charge is 0.417 e. The van der Waals surface area contributed by atoms with Gasteiger partial charge in [0.05, 0.1) is 0 Å². The number of hydrogen-bond donors (Lipinski definition) is 0. The van der Waals surface area contributed by atoms with Crippen LogP contribution in [0.5, 0.6) is 0 Å². The topological polar surface area (TPSA) is 35.5 Å². The summed E-state index contributed by atoms with van der Waals surface area (Å²) in [6.07, 6.45) is 1.98. The van der Waals surface area contributed by atoms with Gasteiger partial charge in [0.2, 0.25) is 5.78 Å². The number of unbranched alkanes of at least 4 members (excludes halogenated alkanes) is 1. The number of carbonyl (C=O) groups is 1. The zero-order valence-corrected chi connectivity index (χ0v) is 20.3. The van der Waals surface area contributed by atoms with Crippen molar-refractivity contribution in [3.8, 4) is 11.8 Å². The maximum Gasteiger partial charge on any atom is 0.207 e. The third kappa shape index (κ3) is 9.19. The zero-order chi connectivity index (χ0) is 19.9. The minimum Gasteiger partial charge on any atom is -0.417 e. The summed E-state index contributed by atoms with van der Waals surface area (Å²) in [5, 5.41) is 0.407. The van der Waals surface area contributed by atoms with Crippen LogP contribution in [-0.4, -0.2) is 35.6 Å². The molecular weight excluding hydrogens is 344 g/mol. The highest BCUT2D eigenvalue weighted by atomic mass is 28.4. The van der Waals surface area contributed by atoms with Crippen molar-refractivity contribution in [3.63, 3.8) is 0 Å². The molecule has 5 heteroatoms. The summed E-state index contributed by atoms with van der Waals surface area (Å²) >= 11 is 0. The number of rotatable bonds is 8. The molecule has 0 saturated carbocycles. The predicted molar refractivity (Wildman–Crippen MR) is 113 cm³/mol. The Morgan fingerprint density at radius 3 is 1.72 bits per heavy atom. The van der Waals surface area contributed by atoms with Crippen LogP contribution in [0, 0.1) is 11.8 Å². The molecule has 0 aliphatic carbocycles. The van der Waals surface area contributed by atoms with Crippen molar-refractivity contribution < 1.29 is 13.6 Å². The van der Waals surface area contributed by atoms with E-state index >= 15 is 0 Å². The molecule has 0 rings (SSSR count). The summed E-state index contributed by atoms with van der Waals surface area (Å²) in [5.74, 6) is 5.69. The Morgan fingerprint density at radius 2 is 1.28 bits per heavy atom. The number of carbonyl (C=O) groups excluding carboxylic acids is 1. The minimum atomic E-state index is -1.77. The van der Waals surface area contributed by atoms with Crippen molar-refractivity contribution in [2.45, 2.75) is 97.1 Å². The van der Waals surface area contributed by atoms with Crippen molar-refractivity contribution in [3.05, 3.63) is 0 Å². The average molecular weight is 385 g/mol. The fourth-order valence-electron chi connectivity index (χ4n) is 1.54. The lowest BCUT2D eigenvalue weighted by molar-refractivity contribution is -0.114. The summed E-state index contributed by atoms with van der Waals surface area (Å²) in [6, 6.07) is 0. The van der Waals surface area contributed by atoms with Crippen LogP contribution >= 0.6 is 0 Å². The maximum absolute atomic E-state index is 11.8. The lowest BCUT2D eigenvalue weighted by Crippen LogP contribution is -2.41. The van der Waals surface area contributed by atoms with Gasteiger partial charge in [-0.25, -0.2) is 0 Å². The van der Waals surface area contributed by atoms with E-state index in [9.17, 15) is 4.79 Å². The van der Waals surface area contributed by atoms with E-state index in [4.69, 9.17) is 8.85 Å². The van der Waals surface area contributed by atoms with Gasteiger partial charge in [0, 0.05) is 26.1 Å². The monoisotopic (exact) mass is 384 g/mol. The summed E-state index contributed by atoms with van der Waals surface area (Å²) in [7, 11) is -3.43. The highest BCUT2D eigenvalue weighted by molar-refractivity contribution is 6.74. The maximum atomic E-state index is 11.8. The SMILES string of the molecule is CC(C)(C)[Si](C)(C)OCCCC#CC(=O)CCO[Si](C)(C)C(C)(C)C. The van der Waals surface area contributed by atoms with Crippen molar-refractivity contribution in [1.29, 1.82) is 0 Å². The number of hydrogen-bond acceptors (Lipinski definition) is 3. The molecule has 3 nitrogen and oxygen atoms in total. The lowest BCUT2D eigenvalue weighted by Gasteiger charge is -2.36. The standard InChI is InChI=1S/C20H40O3Si2/c1-19(2,3)24(7,8)22-16-13-11-12-14-18(21)15-17-23-25(9,10)20(4,5)6/h11,13,15-17H2,1-10H3. The zero-order valence-electron chi connectivity index (χ0n) is 18.3. The smallest absolute Gasteiger partial charge is 0.207 e. The first-order chi connectivity index (χ1) is 11.1. The van der Waals surface area contributed by atoms with E-state index in [1.165, 1.54) is 0 Å². The fourth-order valence-corrected chi connectivity index (χ4v) is 3.68. The van der Waals surface area contributed by atoms with Crippen LogP contribution in [0.3, 0.4) is 0 Å². The first kappa shape index (κ1) is 24.6. The predicted octanol–water partition coefficient (Wildman–Crippen LogP) is 5.77. The van der Waals surface area contributed by atoms with Crippen LogP contribution in [0.15, 0.2) is 0 Å². The number of ketones is 1. The molecule has 0 aromatic heterocycles. The first-order valence-electron chi connectivity index (χ1n) is 9.40. The molecule has 0 radical (unpaired) electrons. The Morgan fingerprint density at radius 1 is 0.840 bits per heavy atom. The van der Waals surface area contributed by atoms with Gasteiger partial charge in [0.15, 0.2) is 16.6 Å². The second-order valence-corrected chi connectivity index (χ2v) is 19.4. The molecule has 0 aliphatic rings. The minimum absolute atomic E-state index is 0.0241. The molecule has 0 aromatic rings. The normalized spacial score (nSPS) is 13.4. The van der Waals surface area contributed by atoms with E-state index < -0.39 is 16.6 Å². The summed E-state index contributed by atoms with van der Waals surface area (Å²) in [5.41, 5.74) is 0. The third-order valence-corrected chi connectivity index (χ3v) is 14.6. The molecule has 0 heterocycles. The Labute approximate surface area is 158 Å². The summed E-state index contributed by atoms with van der Waals surface area (Å²) < 4.78 is 12.1. The molecular formula is C20H40O3Si2. The molecule has 0 aliphatic heterocycles. The van der Waals surface area contributed by atoms with Crippen LogP contribution in [0.25, 0.3) is 0 Å². The van der Waals surface area contributed by atoms with Crippen molar-refractivity contribution in [2.75, 3.05) is 13.2 Å². The van der Waals surface area contributed by atoms with E-state index in [2.05, 4.69) is 79.6 Å². The fraction of sp³-hybridized carbons (Fsp3) is 0.850. The van der Waals surface area contributed by atoms with Crippen LogP contribution in [0.1, 0.15) is 60.8 Å². The molecule has 25 heavy (non-hydrogen) atoms. The van der Waals surface area contributed by atoms with E-state index in [1.807, 2.05) is 0 Å². The molecule has 0 amide bonds. The van der Waals surface area contributed by atoms with Gasteiger partial charge in [-0.2, -0.15) is 0 Å². The molecule has 0 atom stereocenters. The van der Waals surface area contributed by atoms with Crippen molar-refractivity contribution in [2.24, 2.45) is 0 Å². The van der Waals surface area contributed by atoms with Gasteiger partial charge < -0.3 is 8.85 Å². The Kier molecular flexibility index (Phi) is 9.34. The van der Waals surface area contributed by atoms with Crippen LogP contribution < -0.4 is 0 Å². The third-order valence-electron chi connectivity index (χ3n) is 5.54. The van der Waals surface area contributed by atoms with Crippen LogP contribution in [0.2, 0.25) is 36.3 Å². The van der Waals surface area contributed by atoms with Gasteiger partial charge in [0.25, 0.3) is 0 Å². The van der Waals surface area contributed by atoms with Crippen molar-refractivity contribution >= 4 is 22.4 Å². The van der Waals surface area contributed by atoms with Crippen molar-refractivity contribution in [1.82, 2.24) is 0 Å². The van der Waals surface area contributed by atoms with Gasteiger partial charge in [-0.05, 0) is 48.6 Å².